The minimum atomic E-state index is -1.03. The zero-order valence-corrected chi connectivity index (χ0v) is 12.0. The number of aromatic nitrogens is 2. The van der Waals surface area contributed by atoms with Crippen LogP contribution in [-0.4, -0.2) is 38.1 Å². The van der Waals surface area contributed by atoms with E-state index in [2.05, 4.69) is 20.9 Å². The predicted octanol–water partition coefficient (Wildman–Crippen LogP) is 0.00890. The van der Waals surface area contributed by atoms with Crippen LogP contribution in [0.5, 0.6) is 0 Å². The minimum Gasteiger partial charge on any atom is -0.393 e. The smallest absolute Gasteiger partial charge is 0.351 e. The van der Waals surface area contributed by atoms with Gasteiger partial charge in [-0.1, -0.05) is 6.92 Å². The van der Waals surface area contributed by atoms with E-state index in [4.69, 9.17) is 10.5 Å². The van der Waals surface area contributed by atoms with Crippen molar-refractivity contribution in [2.75, 3.05) is 12.3 Å². The molecule has 106 valence electrons. The van der Waals surface area contributed by atoms with Gasteiger partial charge < -0.3 is 20.7 Å². The molecule has 1 fully saturated rings. The Morgan fingerprint density at radius 1 is 1.74 bits per heavy atom. The average molecular weight is 334 g/mol. The molecule has 7 nitrogen and oxygen atoms in total. The van der Waals surface area contributed by atoms with Crippen molar-refractivity contribution in [3.63, 3.8) is 0 Å². The fourth-order valence-corrected chi connectivity index (χ4v) is 2.52. The molecule has 2 rings (SSSR count). The van der Waals surface area contributed by atoms with Crippen molar-refractivity contribution < 1.29 is 14.9 Å². The highest BCUT2D eigenvalue weighted by Crippen LogP contribution is 2.38. The number of ether oxygens (including phenoxy) is 1. The van der Waals surface area contributed by atoms with E-state index < -0.39 is 23.6 Å². The number of nitrogens with zero attached hydrogens (tertiary/aromatic N) is 2. The van der Waals surface area contributed by atoms with Crippen molar-refractivity contribution in [3.8, 4) is 0 Å². The summed E-state index contributed by atoms with van der Waals surface area (Å²) >= 11 is 3.19. The number of rotatable bonds is 3. The third kappa shape index (κ3) is 2.40. The topological polar surface area (TPSA) is 111 Å². The molecule has 3 atom stereocenters. The fourth-order valence-electron chi connectivity index (χ4n) is 2.21. The summed E-state index contributed by atoms with van der Waals surface area (Å²) in [5.74, 6) is 0.101. The van der Waals surface area contributed by atoms with Gasteiger partial charge in [-0.25, -0.2) is 4.79 Å². The number of nitrogens with two attached hydrogens (primary N) is 1. The highest BCUT2D eigenvalue weighted by molar-refractivity contribution is 9.10. The third-order valence-corrected chi connectivity index (χ3v) is 4.12. The van der Waals surface area contributed by atoms with Gasteiger partial charge in [0.1, 0.15) is 17.6 Å². The molecular formula is C11H16BrN3O4. The first-order valence-corrected chi connectivity index (χ1v) is 6.73. The van der Waals surface area contributed by atoms with Crippen molar-refractivity contribution in [3.05, 3.63) is 21.2 Å². The summed E-state index contributed by atoms with van der Waals surface area (Å²) in [6, 6.07) is 0. The van der Waals surface area contributed by atoms with Gasteiger partial charge >= 0.3 is 5.69 Å². The monoisotopic (exact) mass is 333 g/mol. The van der Waals surface area contributed by atoms with Gasteiger partial charge in [-0.05, 0) is 22.4 Å². The van der Waals surface area contributed by atoms with E-state index >= 15 is 0 Å². The van der Waals surface area contributed by atoms with E-state index in [1.807, 2.05) is 6.92 Å². The van der Waals surface area contributed by atoms with Crippen molar-refractivity contribution in [2.45, 2.75) is 37.7 Å². The molecule has 0 radical (unpaired) electrons. The van der Waals surface area contributed by atoms with Gasteiger partial charge in [0, 0.05) is 12.6 Å². The molecule has 0 spiro atoms. The molecule has 1 aliphatic heterocycles. The molecule has 19 heavy (non-hydrogen) atoms. The van der Waals surface area contributed by atoms with Crippen molar-refractivity contribution >= 4 is 21.7 Å². The van der Waals surface area contributed by atoms with Crippen LogP contribution in [0, 0.1) is 0 Å². The van der Waals surface area contributed by atoms with Crippen LogP contribution >= 0.6 is 15.9 Å². The standard InChI is InChI=1S/C11H16BrN3O4/c1-2-11(5-16)7(17)3-8(19-11)15-4-6(12)9(13)14-10(15)18/h4,7-8,16-17H,2-3,5H2,1H3,(H2,13,14,18)/t7-,8?,11+/m0/s1. The summed E-state index contributed by atoms with van der Waals surface area (Å²) in [6.07, 6.45) is 0.631. The van der Waals surface area contributed by atoms with Crippen LogP contribution < -0.4 is 11.4 Å². The molecule has 0 bridgehead atoms. The van der Waals surface area contributed by atoms with Gasteiger partial charge in [-0.2, -0.15) is 4.98 Å². The number of nitrogen functional groups attached to an aromatic ring is 1. The minimum absolute atomic E-state index is 0.101. The molecule has 1 saturated heterocycles. The first-order valence-electron chi connectivity index (χ1n) is 5.94. The van der Waals surface area contributed by atoms with E-state index in [1.165, 1.54) is 10.8 Å². The Morgan fingerprint density at radius 2 is 2.42 bits per heavy atom. The molecule has 1 aliphatic rings. The maximum atomic E-state index is 11.8. The molecule has 0 aliphatic carbocycles. The van der Waals surface area contributed by atoms with Crippen LogP contribution in [0.2, 0.25) is 0 Å². The van der Waals surface area contributed by atoms with E-state index in [9.17, 15) is 15.0 Å². The fraction of sp³-hybridized carbons (Fsp3) is 0.636. The number of halogens is 1. The first kappa shape index (κ1) is 14.4. The third-order valence-electron chi connectivity index (χ3n) is 3.51. The van der Waals surface area contributed by atoms with E-state index in [0.717, 1.165) is 0 Å². The molecule has 0 aromatic carbocycles. The molecule has 0 saturated carbocycles. The van der Waals surface area contributed by atoms with Gasteiger partial charge in [0.25, 0.3) is 0 Å². The summed E-state index contributed by atoms with van der Waals surface area (Å²) in [5.41, 5.74) is 3.94. The van der Waals surface area contributed by atoms with E-state index in [1.54, 1.807) is 0 Å². The SMILES string of the molecule is CC[C@]1(CO)OC(n2cc(Br)c(N)nc2=O)C[C@@H]1O. The van der Waals surface area contributed by atoms with Gasteiger partial charge in [-0.3, -0.25) is 4.57 Å². The Balaban J connectivity index is 2.36. The first-order chi connectivity index (χ1) is 8.93. The molecule has 8 heteroatoms. The number of aliphatic hydroxyl groups is 2. The highest BCUT2D eigenvalue weighted by atomic mass is 79.9. The Morgan fingerprint density at radius 3 is 2.95 bits per heavy atom. The number of anilines is 1. The van der Waals surface area contributed by atoms with Crippen LogP contribution in [0.15, 0.2) is 15.5 Å². The molecular weight excluding hydrogens is 318 g/mol. The van der Waals surface area contributed by atoms with Gasteiger partial charge in [-0.15, -0.1) is 0 Å². The molecule has 0 amide bonds. The molecule has 1 unspecified atom stereocenters. The number of hydrogen-bond donors (Lipinski definition) is 3. The summed E-state index contributed by atoms with van der Waals surface area (Å²) in [7, 11) is 0. The van der Waals surface area contributed by atoms with Crippen LogP contribution in [-0.2, 0) is 4.74 Å². The van der Waals surface area contributed by atoms with Crippen LogP contribution in [0.4, 0.5) is 5.82 Å². The lowest BCUT2D eigenvalue weighted by Crippen LogP contribution is -2.42. The lowest BCUT2D eigenvalue weighted by Gasteiger charge is -2.28. The summed E-state index contributed by atoms with van der Waals surface area (Å²) in [6.45, 7) is 1.50. The maximum Gasteiger partial charge on any atom is 0.351 e. The van der Waals surface area contributed by atoms with Crippen molar-refractivity contribution in [1.29, 1.82) is 0 Å². The second-order valence-electron chi connectivity index (χ2n) is 4.56. The second kappa shape index (κ2) is 5.20. The van der Waals surface area contributed by atoms with Crippen molar-refractivity contribution in [2.24, 2.45) is 0 Å². The highest BCUT2D eigenvalue weighted by Gasteiger charge is 2.47. The Kier molecular flexibility index (Phi) is 3.95. The molecule has 1 aromatic rings. The normalized spacial score (nSPS) is 30.7. The lowest BCUT2D eigenvalue weighted by atomic mass is 9.95. The van der Waals surface area contributed by atoms with Gasteiger partial charge in [0.2, 0.25) is 0 Å². The van der Waals surface area contributed by atoms with E-state index in [-0.39, 0.29) is 18.8 Å². The lowest BCUT2D eigenvalue weighted by molar-refractivity contribution is -0.130. The Hall–Kier alpha value is -0.960. The van der Waals surface area contributed by atoms with Gasteiger partial charge in [0.15, 0.2) is 0 Å². The molecule has 2 heterocycles. The Labute approximate surface area is 118 Å². The van der Waals surface area contributed by atoms with Gasteiger partial charge in [0.05, 0.1) is 17.2 Å². The van der Waals surface area contributed by atoms with Crippen LogP contribution in [0.25, 0.3) is 0 Å². The van der Waals surface area contributed by atoms with Crippen LogP contribution in [0.3, 0.4) is 0 Å². The molecule has 1 aromatic heterocycles. The second-order valence-corrected chi connectivity index (χ2v) is 5.42. The number of aliphatic hydroxyl groups excluding tert-OH is 2. The average Bonchev–Trinajstić information content (AvgIpc) is 2.71. The van der Waals surface area contributed by atoms with Crippen LogP contribution in [0.1, 0.15) is 26.0 Å². The maximum absolute atomic E-state index is 11.8. The molecule has 4 N–H and O–H groups in total. The summed E-state index contributed by atoms with van der Waals surface area (Å²) in [4.78, 5) is 15.5. The van der Waals surface area contributed by atoms with Crippen molar-refractivity contribution in [1.82, 2.24) is 9.55 Å². The predicted molar refractivity (Wildman–Crippen MR) is 71.5 cm³/mol. The quantitative estimate of drug-likeness (QED) is 0.718. The summed E-state index contributed by atoms with van der Waals surface area (Å²) in [5, 5.41) is 19.4. The number of hydrogen-bond acceptors (Lipinski definition) is 6. The largest absolute Gasteiger partial charge is 0.393 e. The Bertz CT molecular complexity index is 529. The summed E-state index contributed by atoms with van der Waals surface area (Å²) < 4.78 is 7.42. The zero-order valence-electron chi connectivity index (χ0n) is 10.4. The van der Waals surface area contributed by atoms with E-state index in [0.29, 0.717) is 10.9 Å². The zero-order chi connectivity index (χ0) is 14.2.